The van der Waals surface area contributed by atoms with Crippen LogP contribution in [0.2, 0.25) is 0 Å². The van der Waals surface area contributed by atoms with Crippen LogP contribution in [0.1, 0.15) is 10.7 Å². The molecule has 4 heteroatoms. The van der Waals surface area contributed by atoms with E-state index in [1.165, 1.54) is 0 Å². The Balaban J connectivity index is 2.46. The van der Waals surface area contributed by atoms with Crippen LogP contribution in [0, 0.1) is 6.92 Å². The Kier molecular flexibility index (Phi) is 3.75. The maximum Gasteiger partial charge on any atom is 0.149 e. The van der Waals surface area contributed by atoms with Crippen molar-refractivity contribution in [3.05, 3.63) is 16.1 Å². The lowest BCUT2D eigenvalue weighted by Gasteiger charge is -1.93. The third-order valence-electron chi connectivity index (χ3n) is 1.32. The molecule has 0 radical (unpaired) electrons. The van der Waals surface area contributed by atoms with E-state index < -0.39 is 0 Å². The lowest BCUT2D eigenvalue weighted by molar-refractivity contribution is -0.115. The smallest absolute Gasteiger partial charge is 0.149 e. The predicted octanol–water partition coefficient (Wildman–Crippen LogP) is 1.93. The van der Waals surface area contributed by atoms with E-state index in [-0.39, 0.29) is 5.78 Å². The Labute approximate surface area is 80.4 Å². The van der Waals surface area contributed by atoms with Crippen LogP contribution in [-0.4, -0.2) is 22.8 Å². The van der Waals surface area contributed by atoms with Crippen molar-refractivity contribution >= 4 is 28.9 Å². The molecule has 1 rings (SSSR count). The molecule has 12 heavy (non-hydrogen) atoms. The lowest BCUT2D eigenvalue weighted by atomic mass is 10.3. The molecule has 0 unspecified atom stereocenters. The molecule has 0 bridgehead atoms. The summed E-state index contributed by atoms with van der Waals surface area (Å²) in [5, 5.41) is 2.91. The molecule has 0 aliphatic heterocycles. The average Bonchev–Trinajstić information content (AvgIpc) is 2.36. The zero-order valence-corrected chi connectivity index (χ0v) is 8.80. The highest BCUT2D eigenvalue weighted by Crippen LogP contribution is 2.10. The first-order valence-corrected chi connectivity index (χ1v) is 5.91. The van der Waals surface area contributed by atoms with Gasteiger partial charge in [-0.25, -0.2) is 4.98 Å². The van der Waals surface area contributed by atoms with Gasteiger partial charge in [0.15, 0.2) is 0 Å². The molecule has 0 saturated heterocycles. The van der Waals surface area contributed by atoms with E-state index >= 15 is 0 Å². The number of nitrogens with zero attached hydrogens (tertiary/aromatic N) is 1. The second kappa shape index (κ2) is 4.62. The van der Waals surface area contributed by atoms with Crippen molar-refractivity contribution < 1.29 is 4.79 Å². The van der Waals surface area contributed by atoms with Crippen molar-refractivity contribution in [3.8, 4) is 0 Å². The van der Waals surface area contributed by atoms with Gasteiger partial charge in [-0.3, -0.25) is 4.79 Å². The van der Waals surface area contributed by atoms with Crippen molar-refractivity contribution in [1.29, 1.82) is 0 Å². The van der Waals surface area contributed by atoms with E-state index in [9.17, 15) is 4.79 Å². The van der Waals surface area contributed by atoms with Crippen molar-refractivity contribution in [2.24, 2.45) is 0 Å². The van der Waals surface area contributed by atoms with Crippen molar-refractivity contribution in [2.45, 2.75) is 13.3 Å². The highest BCUT2D eigenvalue weighted by Gasteiger charge is 2.05. The summed E-state index contributed by atoms with van der Waals surface area (Å²) >= 11 is 3.13. The fourth-order valence-electron chi connectivity index (χ4n) is 0.865. The maximum absolute atomic E-state index is 11.2. The fraction of sp³-hybridized carbons (Fsp3) is 0.500. The largest absolute Gasteiger partial charge is 0.298 e. The molecular formula is C8H11NOS2. The molecular weight excluding hydrogens is 190 g/mol. The van der Waals surface area contributed by atoms with Gasteiger partial charge in [0.1, 0.15) is 10.8 Å². The summed E-state index contributed by atoms with van der Waals surface area (Å²) in [5.41, 5.74) is 1.01. The van der Waals surface area contributed by atoms with Gasteiger partial charge in [-0.05, 0) is 13.2 Å². The van der Waals surface area contributed by atoms with Crippen LogP contribution >= 0.6 is 23.1 Å². The number of ketones is 1. The highest BCUT2D eigenvalue weighted by atomic mass is 32.2. The molecule has 1 heterocycles. The van der Waals surface area contributed by atoms with Crippen LogP contribution in [0.5, 0.6) is 0 Å². The third-order valence-corrected chi connectivity index (χ3v) is 2.90. The Morgan fingerprint density at radius 1 is 1.75 bits per heavy atom. The van der Waals surface area contributed by atoms with Gasteiger partial charge in [-0.15, -0.1) is 11.3 Å². The van der Waals surface area contributed by atoms with Crippen molar-refractivity contribution in [3.63, 3.8) is 0 Å². The number of thiazole rings is 1. The summed E-state index contributed by atoms with van der Waals surface area (Å²) < 4.78 is 0. The number of carbonyl (C=O) groups excluding carboxylic acids is 1. The lowest BCUT2D eigenvalue weighted by Crippen LogP contribution is -2.04. The van der Waals surface area contributed by atoms with Crippen LogP contribution in [-0.2, 0) is 11.2 Å². The van der Waals surface area contributed by atoms with Crippen LogP contribution in [0.4, 0.5) is 0 Å². The average molecular weight is 201 g/mol. The third kappa shape index (κ3) is 2.95. The van der Waals surface area contributed by atoms with E-state index in [4.69, 9.17) is 0 Å². The Bertz CT molecular complexity index is 270. The molecule has 2 nitrogen and oxygen atoms in total. The summed E-state index contributed by atoms with van der Waals surface area (Å²) in [6, 6.07) is 0. The Hall–Kier alpha value is -0.350. The van der Waals surface area contributed by atoms with Crippen LogP contribution in [0.15, 0.2) is 5.38 Å². The standard InChI is InChI=1S/C8H11NOS2/c1-6-4-12-8(9-6)3-7(10)5-11-2/h4H,3,5H2,1-2H3. The summed E-state index contributed by atoms with van der Waals surface area (Å²) in [6.45, 7) is 1.94. The van der Waals surface area contributed by atoms with Gasteiger partial charge < -0.3 is 0 Å². The first-order chi connectivity index (χ1) is 5.72. The summed E-state index contributed by atoms with van der Waals surface area (Å²) in [4.78, 5) is 15.4. The zero-order chi connectivity index (χ0) is 8.97. The molecule has 0 saturated carbocycles. The quantitative estimate of drug-likeness (QED) is 0.745. The van der Waals surface area contributed by atoms with Gasteiger partial charge in [0.05, 0.1) is 12.2 Å². The number of thioether (sulfide) groups is 1. The topological polar surface area (TPSA) is 30.0 Å². The molecule has 0 atom stereocenters. The second-order valence-electron chi connectivity index (χ2n) is 2.53. The molecule has 0 N–H and O–H groups in total. The monoisotopic (exact) mass is 201 g/mol. The van der Waals surface area contributed by atoms with Gasteiger partial charge in [-0.2, -0.15) is 11.8 Å². The van der Waals surface area contributed by atoms with E-state index in [0.29, 0.717) is 12.2 Å². The molecule has 0 amide bonds. The maximum atomic E-state index is 11.2. The predicted molar refractivity (Wildman–Crippen MR) is 53.9 cm³/mol. The van der Waals surface area contributed by atoms with Crippen LogP contribution < -0.4 is 0 Å². The molecule has 0 spiro atoms. The Morgan fingerprint density at radius 2 is 2.50 bits per heavy atom. The van der Waals surface area contributed by atoms with E-state index in [2.05, 4.69) is 4.98 Å². The van der Waals surface area contributed by atoms with E-state index in [1.807, 2.05) is 18.6 Å². The summed E-state index contributed by atoms with van der Waals surface area (Å²) in [6.07, 6.45) is 2.43. The summed E-state index contributed by atoms with van der Waals surface area (Å²) in [7, 11) is 0. The summed E-state index contributed by atoms with van der Waals surface area (Å²) in [5.74, 6) is 0.857. The van der Waals surface area contributed by atoms with Gasteiger partial charge in [0, 0.05) is 11.1 Å². The molecule has 1 aromatic heterocycles. The number of hydrogen-bond acceptors (Lipinski definition) is 4. The first kappa shape index (κ1) is 9.74. The Morgan fingerprint density at radius 3 is 3.00 bits per heavy atom. The molecule has 66 valence electrons. The highest BCUT2D eigenvalue weighted by molar-refractivity contribution is 7.99. The normalized spacial score (nSPS) is 10.2. The van der Waals surface area contributed by atoms with Gasteiger partial charge in [0.2, 0.25) is 0 Å². The number of hydrogen-bond donors (Lipinski definition) is 0. The van der Waals surface area contributed by atoms with Crippen LogP contribution in [0.25, 0.3) is 0 Å². The van der Waals surface area contributed by atoms with Gasteiger partial charge in [0.25, 0.3) is 0 Å². The molecule has 0 fully saturated rings. The minimum atomic E-state index is 0.261. The second-order valence-corrected chi connectivity index (χ2v) is 4.34. The number of aromatic nitrogens is 1. The molecule has 1 aromatic rings. The van der Waals surface area contributed by atoms with E-state index in [0.717, 1.165) is 10.7 Å². The molecule has 0 aromatic carbocycles. The van der Waals surface area contributed by atoms with Crippen molar-refractivity contribution in [2.75, 3.05) is 12.0 Å². The number of rotatable bonds is 4. The molecule has 0 aliphatic rings. The van der Waals surface area contributed by atoms with Gasteiger partial charge >= 0.3 is 0 Å². The number of Topliss-reactive ketones (excluding diaryl/α,β-unsaturated/α-hetero) is 1. The van der Waals surface area contributed by atoms with E-state index in [1.54, 1.807) is 23.1 Å². The molecule has 0 aliphatic carbocycles. The SMILES string of the molecule is CSCC(=O)Cc1nc(C)cs1. The fourth-order valence-corrected chi connectivity index (χ4v) is 2.09. The number of aryl methyl sites for hydroxylation is 1. The first-order valence-electron chi connectivity index (χ1n) is 3.64. The van der Waals surface area contributed by atoms with Gasteiger partial charge in [-0.1, -0.05) is 0 Å². The minimum Gasteiger partial charge on any atom is -0.298 e. The van der Waals surface area contributed by atoms with Crippen molar-refractivity contribution in [1.82, 2.24) is 4.98 Å². The zero-order valence-electron chi connectivity index (χ0n) is 7.16. The number of carbonyl (C=O) groups is 1. The van der Waals surface area contributed by atoms with Crippen LogP contribution in [0.3, 0.4) is 0 Å². The minimum absolute atomic E-state index is 0.261.